The van der Waals surface area contributed by atoms with Crippen LogP contribution in [-0.4, -0.2) is 29.9 Å². The van der Waals surface area contributed by atoms with Crippen molar-refractivity contribution in [1.29, 1.82) is 0 Å². The molecule has 1 atom stereocenters. The monoisotopic (exact) mass is 234 g/mol. The van der Waals surface area contributed by atoms with Gasteiger partial charge in [0.05, 0.1) is 6.04 Å². The summed E-state index contributed by atoms with van der Waals surface area (Å²) in [5, 5.41) is 0. The summed E-state index contributed by atoms with van der Waals surface area (Å²) in [7, 11) is 0. The average molecular weight is 234 g/mol. The van der Waals surface area contributed by atoms with Crippen molar-refractivity contribution in [2.45, 2.75) is 13.0 Å². The van der Waals surface area contributed by atoms with Crippen LogP contribution in [0.5, 0.6) is 0 Å². The van der Waals surface area contributed by atoms with Gasteiger partial charge in [0, 0.05) is 5.69 Å². The number of ether oxygens (including phenoxy) is 1. The number of para-hydroxylation sites is 1. The number of imide groups is 1. The Morgan fingerprint density at radius 3 is 2.41 bits per heavy atom. The fourth-order valence-electron chi connectivity index (χ4n) is 1.97. The zero-order valence-electron chi connectivity index (χ0n) is 9.55. The Hall–Kier alpha value is -1.88. The second kappa shape index (κ2) is 4.55. The van der Waals surface area contributed by atoms with E-state index in [1.165, 1.54) is 4.90 Å². The number of hydrogen-bond acceptors (Lipinski definition) is 4. The summed E-state index contributed by atoms with van der Waals surface area (Å²) >= 11 is 0. The summed E-state index contributed by atoms with van der Waals surface area (Å²) in [6, 6.07) is 6.85. The van der Waals surface area contributed by atoms with Gasteiger partial charge in [-0.1, -0.05) is 18.2 Å². The minimum Gasteiger partial charge on any atom is -0.398 e. The molecule has 0 aliphatic carbocycles. The lowest BCUT2D eigenvalue weighted by Gasteiger charge is -2.31. The standard InChI is InChI=1S/C12H14N2O3/c1-8(9-4-2-3-5-10(9)13)14-11(15)6-17-7-12(14)16/h2-5,8H,6-7,13H2,1H3. The lowest BCUT2D eigenvalue weighted by molar-refractivity contribution is -0.161. The molecule has 90 valence electrons. The number of hydrogen-bond donors (Lipinski definition) is 1. The van der Waals surface area contributed by atoms with Crippen molar-refractivity contribution in [3.05, 3.63) is 29.8 Å². The number of nitrogen functional groups attached to an aromatic ring is 1. The number of amides is 2. The van der Waals surface area contributed by atoms with Crippen LogP contribution in [0.15, 0.2) is 24.3 Å². The zero-order valence-corrected chi connectivity index (χ0v) is 9.55. The first-order valence-corrected chi connectivity index (χ1v) is 5.38. The first kappa shape index (κ1) is 11.6. The van der Waals surface area contributed by atoms with E-state index in [2.05, 4.69) is 0 Å². The van der Waals surface area contributed by atoms with E-state index in [0.29, 0.717) is 5.69 Å². The van der Waals surface area contributed by atoms with Crippen LogP contribution in [0.2, 0.25) is 0 Å². The van der Waals surface area contributed by atoms with Gasteiger partial charge in [-0.25, -0.2) is 0 Å². The van der Waals surface area contributed by atoms with Gasteiger partial charge in [-0.05, 0) is 18.6 Å². The highest BCUT2D eigenvalue weighted by molar-refractivity contribution is 5.98. The number of carbonyl (C=O) groups excluding carboxylic acids is 2. The lowest BCUT2D eigenvalue weighted by atomic mass is 10.0. The van der Waals surface area contributed by atoms with Crippen molar-refractivity contribution in [3.8, 4) is 0 Å². The molecule has 1 aliphatic rings. The molecule has 0 saturated carbocycles. The number of anilines is 1. The van der Waals surface area contributed by atoms with Crippen molar-refractivity contribution in [2.75, 3.05) is 18.9 Å². The first-order valence-electron chi connectivity index (χ1n) is 5.38. The quantitative estimate of drug-likeness (QED) is 0.604. The average Bonchev–Trinajstić information content (AvgIpc) is 2.29. The Morgan fingerprint density at radius 2 is 1.82 bits per heavy atom. The highest BCUT2D eigenvalue weighted by atomic mass is 16.5. The fraction of sp³-hybridized carbons (Fsp3) is 0.333. The van der Waals surface area contributed by atoms with Gasteiger partial charge in [0.25, 0.3) is 11.8 Å². The molecular weight excluding hydrogens is 220 g/mol. The second-order valence-corrected chi connectivity index (χ2v) is 3.96. The molecule has 2 N–H and O–H groups in total. The molecule has 0 radical (unpaired) electrons. The second-order valence-electron chi connectivity index (χ2n) is 3.96. The van der Waals surface area contributed by atoms with Crippen molar-refractivity contribution in [2.24, 2.45) is 0 Å². The van der Waals surface area contributed by atoms with Gasteiger partial charge in [-0.15, -0.1) is 0 Å². The van der Waals surface area contributed by atoms with Gasteiger partial charge >= 0.3 is 0 Å². The van der Waals surface area contributed by atoms with Gasteiger partial charge in [-0.2, -0.15) is 0 Å². The number of carbonyl (C=O) groups is 2. The molecular formula is C12H14N2O3. The topological polar surface area (TPSA) is 72.6 Å². The molecule has 1 saturated heterocycles. The van der Waals surface area contributed by atoms with Crippen LogP contribution in [0.3, 0.4) is 0 Å². The summed E-state index contributed by atoms with van der Waals surface area (Å²) in [6.45, 7) is 1.68. The number of nitrogens with two attached hydrogens (primary N) is 1. The zero-order chi connectivity index (χ0) is 12.4. The summed E-state index contributed by atoms with van der Waals surface area (Å²) in [5.41, 5.74) is 7.19. The SMILES string of the molecule is CC(c1ccccc1N)N1C(=O)COCC1=O. The Balaban J connectivity index is 2.30. The van der Waals surface area contributed by atoms with Gasteiger partial charge in [0.15, 0.2) is 0 Å². The minimum atomic E-state index is -0.361. The van der Waals surface area contributed by atoms with E-state index < -0.39 is 0 Å². The Morgan fingerprint density at radius 1 is 1.24 bits per heavy atom. The third-order valence-electron chi connectivity index (χ3n) is 2.82. The van der Waals surface area contributed by atoms with Crippen LogP contribution < -0.4 is 5.73 Å². The molecule has 2 rings (SSSR count). The molecule has 5 nitrogen and oxygen atoms in total. The summed E-state index contributed by atoms with van der Waals surface area (Å²) in [5.74, 6) is -0.644. The van der Waals surface area contributed by atoms with Crippen LogP contribution >= 0.6 is 0 Å². The number of nitrogens with zero attached hydrogens (tertiary/aromatic N) is 1. The Labute approximate surface area is 99.2 Å². The molecule has 1 aliphatic heterocycles. The van der Waals surface area contributed by atoms with E-state index in [-0.39, 0.29) is 31.1 Å². The Bertz CT molecular complexity index is 443. The molecule has 1 unspecified atom stereocenters. The highest BCUT2D eigenvalue weighted by Crippen LogP contribution is 2.26. The molecule has 17 heavy (non-hydrogen) atoms. The van der Waals surface area contributed by atoms with Crippen molar-refractivity contribution < 1.29 is 14.3 Å². The van der Waals surface area contributed by atoms with Gasteiger partial charge in [0.1, 0.15) is 13.2 Å². The number of benzene rings is 1. The predicted octanol–water partition coefficient (Wildman–Crippen LogP) is 0.715. The van der Waals surface area contributed by atoms with Gasteiger partial charge < -0.3 is 10.5 Å². The van der Waals surface area contributed by atoms with E-state index in [1.807, 2.05) is 18.2 Å². The molecule has 2 amide bonds. The van der Waals surface area contributed by atoms with E-state index >= 15 is 0 Å². The van der Waals surface area contributed by atoms with E-state index in [0.717, 1.165) is 5.56 Å². The molecule has 5 heteroatoms. The number of rotatable bonds is 2. The molecule has 1 aromatic rings. The third kappa shape index (κ3) is 2.14. The highest BCUT2D eigenvalue weighted by Gasteiger charge is 2.32. The molecule has 0 aromatic heterocycles. The molecule has 1 fully saturated rings. The van der Waals surface area contributed by atoms with Crippen molar-refractivity contribution in [3.63, 3.8) is 0 Å². The van der Waals surface area contributed by atoms with Crippen LogP contribution in [0.4, 0.5) is 5.69 Å². The number of morpholine rings is 1. The van der Waals surface area contributed by atoms with E-state index in [4.69, 9.17) is 10.5 Å². The molecule has 0 bridgehead atoms. The van der Waals surface area contributed by atoms with E-state index in [9.17, 15) is 9.59 Å². The van der Waals surface area contributed by atoms with Crippen molar-refractivity contribution in [1.82, 2.24) is 4.90 Å². The van der Waals surface area contributed by atoms with Crippen LogP contribution in [-0.2, 0) is 14.3 Å². The molecule has 0 spiro atoms. The largest absolute Gasteiger partial charge is 0.398 e. The summed E-state index contributed by atoms with van der Waals surface area (Å²) in [4.78, 5) is 24.6. The molecule has 1 aromatic carbocycles. The van der Waals surface area contributed by atoms with Crippen LogP contribution in [0.1, 0.15) is 18.5 Å². The Kier molecular flexibility index (Phi) is 3.10. The lowest BCUT2D eigenvalue weighted by Crippen LogP contribution is -2.47. The maximum Gasteiger partial charge on any atom is 0.255 e. The third-order valence-corrected chi connectivity index (χ3v) is 2.82. The van der Waals surface area contributed by atoms with Gasteiger partial charge in [0.2, 0.25) is 0 Å². The normalized spacial score (nSPS) is 18.3. The van der Waals surface area contributed by atoms with Crippen molar-refractivity contribution >= 4 is 17.5 Å². The van der Waals surface area contributed by atoms with Gasteiger partial charge in [-0.3, -0.25) is 14.5 Å². The molecule has 1 heterocycles. The van der Waals surface area contributed by atoms with Crippen LogP contribution in [0, 0.1) is 0 Å². The smallest absolute Gasteiger partial charge is 0.255 e. The maximum atomic E-state index is 11.7. The minimum absolute atomic E-state index is 0.0528. The van der Waals surface area contributed by atoms with E-state index in [1.54, 1.807) is 13.0 Å². The van der Waals surface area contributed by atoms with Crippen LogP contribution in [0.25, 0.3) is 0 Å². The first-order chi connectivity index (χ1) is 8.11. The fourth-order valence-corrected chi connectivity index (χ4v) is 1.97. The summed E-state index contributed by atoms with van der Waals surface area (Å²) in [6.07, 6.45) is 0. The summed E-state index contributed by atoms with van der Waals surface area (Å²) < 4.78 is 4.87. The maximum absolute atomic E-state index is 11.7. The predicted molar refractivity (Wildman–Crippen MR) is 61.9 cm³/mol.